The zero-order valence-corrected chi connectivity index (χ0v) is 30.3. The number of benzene rings is 7. The molecule has 0 aliphatic carbocycles. The second-order valence-corrected chi connectivity index (χ2v) is 17.1. The van der Waals surface area contributed by atoms with Gasteiger partial charge in [0, 0.05) is 52.5 Å². The van der Waals surface area contributed by atoms with Gasteiger partial charge >= 0.3 is 0 Å². The molecule has 0 spiro atoms. The van der Waals surface area contributed by atoms with Crippen molar-refractivity contribution < 1.29 is 0 Å². The SMILES string of the molecule is CC(C)(C)c1cc2c3c(c1)Sc1cc4c5ccccc5n(-c5ccccc5)c4cc1B3c1cc3c(cc1S2)c1ccccc1n3-c1ccccc1. The van der Waals surface area contributed by atoms with Gasteiger partial charge in [-0.3, -0.25) is 0 Å². The Balaban J connectivity index is 1.25. The molecule has 0 unspecified atom stereocenters. The Bertz CT molecular complexity index is 2710. The van der Waals surface area contributed by atoms with Crippen LogP contribution in [0.15, 0.2) is 165 Å². The van der Waals surface area contributed by atoms with Crippen LogP contribution in [0.2, 0.25) is 0 Å². The molecule has 11 rings (SSSR count). The Kier molecular flexibility index (Phi) is 6.22. The van der Waals surface area contributed by atoms with Crippen LogP contribution in [-0.4, -0.2) is 15.8 Å². The lowest BCUT2D eigenvalue weighted by atomic mass is 9.36. The molecule has 0 fully saturated rings. The van der Waals surface area contributed by atoms with Gasteiger partial charge in [0.25, 0.3) is 0 Å². The predicted octanol–water partition coefficient (Wildman–Crippen LogP) is 10.6. The lowest BCUT2D eigenvalue weighted by Gasteiger charge is -2.35. The molecule has 9 aromatic rings. The number of aromatic nitrogens is 2. The van der Waals surface area contributed by atoms with Crippen molar-refractivity contribution in [2.45, 2.75) is 45.8 Å². The first-order valence-corrected chi connectivity index (χ1v) is 19.3. The minimum Gasteiger partial charge on any atom is -0.309 e. The predicted molar refractivity (Wildman–Crippen MR) is 220 cm³/mol. The quantitative estimate of drug-likeness (QED) is 0.167. The fraction of sp³-hybridized carbons (Fsp3) is 0.0870. The molecule has 2 aromatic heterocycles. The van der Waals surface area contributed by atoms with Crippen LogP contribution < -0.4 is 16.4 Å². The lowest BCUT2D eigenvalue weighted by Crippen LogP contribution is -2.58. The molecule has 5 heteroatoms. The maximum absolute atomic E-state index is 2.52. The minimum atomic E-state index is 0.0445. The molecular formula is C46H33BN2S2. The molecule has 2 nitrogen and oxygen atoms in total. The number of rotatable bonds is 2. The van der Waals surface area contributed by atoms with E-state index in [2.05, 4.69) is 175 Å². The Morgan fingerprint density at radius 1 is 0.431 bits per heavy atom. The van der Waals surface area contributed by atoms with Gasteiger partial charge in [-0.05, 0) is 89.2 Å². The minimum absolute atomic E-state index is 0.0445. The summed E-state index contributed by atoms with van der Waals surface area (Å²) in [7, 11) is 0. The van der Waals surface area contributed by atoms with E-state index < -0.39 is 0 Å². The number of fused-ring (bicyclic) bond motifs is 10. The highest BCUT2D eigenvalue weighted by atomic mass is 32.2. The fourth-order valence-corrected chi connectivity index (χ4v) is 11.1. The summed E-state index contributed by atoms with van der Waals surface area (Å²) in [6.07, 6.45) is 0. The average molecular weight is 689 g/mol. The topological polar surface area (TPSA) is 9.86 Å². The van der Waals surface area contributed by atoms with Crippen LogP contribution >= 0.6 is 23.5 Å². The van der Waals surface area contributed by atoms with Crippen LogP contribution in [0.25, 0.3) is 55.0 Å². The summed E-state index contributed by atoms with van der Waals surface area (Å²) in [5, 5.41) is 5.20. The molecule has 0 saturated carbocycles. The Morgan fingerprint density at radius 3 is 1.31 bits per heavy atom. The van der Waals surface area contributed by atoms with Crippen molar-refractivity contribution in [3.8, 4) is 11.4 Å². The highest BCUT2D eigenvalue weighted by Gasteiger charge is 2.40. The van der Waals surface area contributed by atoms with Crippen molar-refractivity contribution in [2.24, 2.45) is 0 Å². The molecule has 0 N–H and O–H groups in total. The van der Waals surface area contributed by atoms with Gasteiger partial charge in [0.15, 0.2) is 0 Å². The Morgan fingerprint density at radius 2 is 0.863 bits per heavy atom. The molecule has 2 aliphatic heterocycles. The molecule has 0 saturated heterocycles. The summed E-state index contributed by atoms with van der Waals surface area (Å²) in [6, 6.07) is 54.5. The molecule has 242 valence electrons. The summed E-state index contributed by atoms with van der Waals surface area (Å²) in [5.41, 5.74) is 13.1. The first-order chi connectivity index (χ1) is 24.9. The third-order valence-corrected chi connectivity index (χ3v) is 13.2. The zero-order chi connectivity index (χ0) is 34.0. The number of hydrogen-bond donors (Lipinski definition) is 0. The molecular weight excluding hydrogens is 655 g/mol. The third kappa shape index (κ3) is 4.28. The van der Waals surface area contributed by atoms with E-state index in [0.717, 1.165) is 0 Å². The second-order valence-electron chi connectivity index (χ2n) is 15.0. The van der Waals surface area contributed by atoms with Gasteiger partial charge in [-0.2, -0.15) is 0 Å². The number of para-hydroxylation sites is 4. The standard InChI is InChI=1S/C46H33BN2S2/c1-46(2,3)28-22-43-45-44(23-28)51-42-25-34-32-19-11-13-21-38(32)49(30-16-8-5-9-17-30)40(34)27-36(42)47(45)35-26-39-33(24-41(35)50-43)31-18-10-12-20-37(31)48(39)29-14-6-4-7-15-29/h4-27H,1-3H3. The maximum Gasteiger partial charge on any atom is 0.247 e. The third-order valence-electron chi connectivity index (χ3n) is 11.0. The molecule has 0 bridgehead atoms. The molecule has 4 heterocycles. The normalized spacial score (nSPS) is 13.6. The summed E-state index contributed by atoms with van der Waals surface area (Å²) >= 11 is 3.93. The van der Waals surface area contributed by atoms with E-state index in [9.17, 15) is 0 Å². The smallest absolute Gasteiger partial charge is 0.247 e. The maximum atomic E-state index is 2.52. The van der Waals surface area contributed by atoms with E-state index in [1.165, 1.54) is 96.5 Å². The summed E-state index contributed by atoms with van der Waals surface area (Å²) < 4.78 is 4.92. The van der Waals surface area contributed by atoms with Crippen LogP contribution in [0.4, 0.5) is 0 Å². The van der Waals surface area contributed by atoms with E-state index in [-0.39, 0.29) is 12.1 Å². The van der Waals surface area contributed by atoms with Gasteiger partial charge in [0.1, 0.15) is 0 Å². The fourth-order valence-electron chi connectivity index (χ4n) is 8.56. The summed E-state index contributed by atoms with van der Waals surface area (Å²) in [6.45, 7) is 7.14. The van der Waals surface area contributed by atoms with Crippen molar-refractivity contribution in [1.29, 1.82) is 0 Å². The molecule has 0 radical (unpaired) electrons. The van der Waals surface area contributed by atoms with Crippen LogP contribution in [0, 0.1) is 0 Å². The van der Waals surface area contributed by atoms with Crippen LogP contribution in [-0.2, 0) is 5.41 Å². The van der Waals surface area contributed by atoms with Gasteiger partial charge in [0.2, 0.25) is 6.71 Å². The zero-order valence-electron chi connectivity index (χ0n) is 28.6. The largest absolute Gasteiger partial charge is 0.309 e. The Labute approximate surface area is 306 Å². The van der Waals surface area contributed by atoms with Gasteiger partial charge in [-0.15, -0.1) is 0 Å². The lowest BCUT2D eigenvalue weighted by molar-refractivity contribution is 0.587. The van der Waals surface area contributed by atoms with Crippen molar-refractivity contribution in [2.75, 3.05) is 0 Å². The first-order valence-electron chi connectivity index (χ1n) is 17.7. The van der Waals surface area contributed by atoms with E-state index in [4.69, 9.17) is 0 Å². The van der Waals surface area contributed by atoms with Gasteiger partial charge in [-0.1, -0.05) is 128 Å². The van der Waals surface area contributed by atoms with E-state index in [0.29, 0.717) is 0 Å². The molecule has 2 aliphatic rings. The van der Waals surface area contributed by atoms with Gasteiger partial charge < -0.3 is 9.13 Å². The molecule has 51 heavy (non-hydrogen) atoms. The van der Waals surface area contributed by atoms with Crippen LogP contribution in [0.3, 0.4) is 0 Å². The van der Waals surface area contributed by atoms with E-state index in [1.54, 1.807) is 0 Å². The molecule has 0 amide bonds. The first kappa shape index (κ1) is 29.6. The second kappa shape index (κ2) is 10.7. The monoisotopic (exact) mass is 688 g/mol. The van der Waals surface area contributed by atoms with E-state index in [1.807, 2.05) is 23.5 Å². The molecule has 7 aromatic carbocycles. The molecule has 0 atom stereocenters. The van der Waals surface area contributed by atoms with Gasteiger partial charge in [0.05, 0.1) is 22.1 Å². The number of nitrogens with zero attached hydrogens (tertiary/aromatic N) is 2. The van der Waals surface area contributed by atoms with Crippen LogP contribution in [0.5, 0.6) is 0 Å². The average Bonchev–Trinajstić information content (AvgIpc) is 3.65. The highest BCUT2D eigenvalue weighted by Crippen LogP contribution is 2.45. The van der Waals surface area contributed by atoms with Gasteiger partial charge in [-0.25, -0.2) is 0 Å². The highest BCUT2D eigenvalue weighted by molar-refractivity contribution is 8.01. The van der Waals surface area contributed by atoms with E-state index >= 15 is 0 Å². The summed E-state index contributed by atoms with van der Waals surface area (Å²) in [5.74, 6) is 0. The Hall–Kier alpha value is -5.10. The van der Waals surface area contributed by atoms with Crippen molar-refractivity contribution in [3.05, 3.63) is 151 Å². The number of hydrogen-bond acceptors (Lipinski definition) is 2. The van der Waals surface area contributed by atoms with Crippen molar-refractivity contribution in [1.82, 2.24) is 9.13 Å². The van der Waals surface area contributed by atoms with Crippen molar-refractivity contribution >= 4 is 90.2 Å². The van der Waals surface area contributed by atoms with Crippen LogP contribution in [0.1, 0.15) is 26.3 Å². The summed E-state index contributed by atoms with van der Waals surface area (Å²) in [4.78, 5) is 5.50. The van der Waals surface area contributed by atoms with Crippen molar-refractivity contribution in [3.63, 3.8) is 0 Å².